The Morgan fingerprint density at radius 2 is 1.89 bits per heavy atom. The second-order valence-corrected chi connectivity index (χ2v) is 4.84. The molecule has 0 aliphatic heterocycles. The lowest BCUT2D eigenvalue weighted by Crippen LogP contribution is -2.24. The first-order chi connectivity index (χ1) is 9.16. The SMILES string of the molecule is Cc1ccc([C@H](O)CN[C@H](C)c2cccnc2)cc1. The number of hydrogen-bond acceptors (Lipinski definition) is 3. The Labute approximate surface area is 114 Å². The van der Waals surface area contributed by atoms with Crippen LogP contribution >= 0.6 is 0 Å². The third-order valence-electron chi connectivity index (χ3n) is 3.26. The highest BCUT2D eigenvalue weighted by Gasteiger charge is 2.10. The summed E-state index contributed by atoms with van der Waals surface area (Å²) in [6.07, 6.45) is 3.12. The van der Waals surface area contributed by atoms with Crippen molar-refractivity contribution in [1.29, 1.82) is 0 Å². The van der Waals surface area contributed by atoms with Gasteiger partial charge in [0.25, 0.3) is 0 Å². The molecule has 0 unspecified atom stereocenters. The Hall–Kier alpha value is -1.71. The van der Waals surface area contributed by atoms with Gasteiger partial charge in [-0.25, -0.2) is 0 Å². The number of rotatable bonds is 5. The summed E-state index contributed by atoms with van der Waals surface area (Å²) in [5.74, 6) is 0. The van der Waals surface area contributed by atoms with Gasteiger partial charge in [0.05, 0.1) is 6.10 Å². The van der Waals surface area contributed by atoms with Gasteiger partial charge in [-0.05, 0) is 31.0 Å². The van der Waals surface area contributed by atoms with E-state index in [0.717, 1.165) is 11.1 Å². The molecular formula is C16H20N2O. The van der Waals surface area contributed by atoms with Crippen molar-refractivity contribution in [1.82, 2.24) is 10.3 Å². The molecule has 2 aromatic rings. The fourth-order valence-corrected chi connectivity index (χ4v) is 1.94. The third-order valence-corrected chi connectivity index (χ3v) is 3.26. The number of nitrogens with one attached hydrogen (secondary N) is 1. The molecule has 0 radical (unpaired) electrons. The summed E-state index contributed by atoms with van der Waals surface area (Å²) in [6.45, 7) is 4.64. The summed E-state index contributed by atoms with van der Waals surface area (Å²) < 4.78 is 0. The topological polar surface area (TPSA) is 45.1 Å². The summed E-state index contributed by atoms with van der Waals surface area (Å²) in [5, 5.41) is 13.5. The predicted octanol–water partition coefficient (Wildman–Crippen LogP) is 2.77. The van der Waals surface area contributed by atoms with Crippen molar-refractivity contribution in [2.24, 2.45) is 0 Å². The van der Waals surface area contributed by atoms with Crippen LogP contribution in [0.25, 0.3) is 0 Å². The van der Waals surface area contributed by atoms with E-state index in [2.05, 4.69) is 17.2 Å². The summed E-state index contributed by atoms with van der Waals surface area (Å²) in [7, 11) is 0. The van der Waals surface area contributed by atoms with Crippen molar-refractivity contribution < 1.29 is 5.11 Å². The van der Waals surface area contributed by atoms with Crippen molar-refractivity contribution in [3.8, 4) is 0 Å². The zero-order chi connectivity index (χ0) is 13.7. The molecule has 3 nitrogen and oxygen atoms in total. The summed E-state index contributed by atoms with van der Waals surface area (Å²) in [4.78, 5) is 4.10. The molecule has 0 amide bonds. The summed E-state index contributed by atoms with van der Waals surface area (Å²) in [6, 6.07) is 12.1. The maximum Gasteiger partial charge on any atom is 0.0914 e. The van der Waals surface area contributed by atoms with Crippen LogP contribution < -0.4 is 5.32 Å². The molecule has 0 saturated heterocycles. The van der Waals surface area contributed by atoms with E-state index < -0.39 is 6.10 Å². The third kappa shape index (κ3) is 3.88. The van der Waals surface area contributed by atoms with Gasteiger partial charge in [-0.1, -0.05) is 35.9 Å². The standard InChI is InChI=1S/C16H20N2O/c1-12-5-7-14(8-6-12)16(19)11-18-13(2)15-4-3-9-17-10-15/h3-10,13,16,18-19H,11H2,1-2H3/t13-,16-/m1/s1. The fraction of sp³-hybridized carbons (Fsp3) is 0.312. The Morgan fingerprint density at radius 1 is 1.16 bits per heavy atom. The van der Waals surface area contributed by atoms with E-state index in [4.69, 9.17) is 0 Å². The van der Waals surface area contributed by atoms with E-state index in [9.17, 15) is 5.11 Å². The van der Waals surface area contributed by atoms with E-state index in [0.29, 0.717) is 6.54 Å². The highest BCUT2D eigenvalue weighted by molar-refractivity contribution is 5.23. The van der Waals surface area contributed by atoms with E-state index >= 15 is 0 Å². The van der Waals surface area contributed by atoms with Crippen LogP contribution in [0.2, 0.25) is 0 Å². The van der Waals surface area contributed by atoms with Gasteiger partial charge in [0.2, 0.25) is 0 Å². The average molecular weight is 256 g/mol. The van der Waals surface area contributed by atoms with Crippen LogP contribution in [0.3, 0.4) is 0 Å². The minimum absolute atomic E-state index is 0.175. The number of aryl methyl sites for hydroxylation is 1. The molecule has 0 saturated carbocycles. The molecule has 1 aromatic heterocycles. The second kappa shape index (κ2) is 6.45. The van der Waals surface area contributed by atoms with Crippen molar-refractivity contribution in [3.63, 3.8) is 0 Å². The number of nitrogens with zero attached hydrogens (tertiary/aromatic N) is 1. The Balaban J connectivity index is 1.90. The van der Waals surface area contributed by atoms with Crippen LogP contribution in [0.1, 0.15) is 35.8 Å². The lowest BCUT2D eigenvalue weighted by atomic mass is 10.1. The predicted molar refractivity (Wildman–Crippen MR) is 76.8 cm³/mol. The van der Waals surface area contributed by atoms with Gasteiger partial charge < -0.3 is 10.4 Å². The molecule has 3 heteroatoms. The number of aromatic nitrogens is 1. The molecule has 100 valence electrons. The highest BCUT2D eigenvalue weighted by Crippen LogP contribution is 2.15. The van der Waals surface area contributed by atoms with Crippen molar-refractivity contribution in [2.45, 2.75) is 26.0 Å². The molecular weight excluding hydrogens is 236 g/mol. The van der Waals surface area contributed by atoms with E-state index in [1.165, 1.54) is 5.56 Å². The minimum atomic E-state index is -0.486. The quantitative estimate of drug-likeness (QED) is 0.864. The first kappa shape index (κ1) is 13.7. The molecule has 0 fully saturated rings. The highest BCUT2D eigenvalue weighted by atomic mass is 16.3. The second-order valence-electron chi connectivity index (χ2n) is 4.84. The van der Waals surface area contributed by atoms with Crippen LogP contribution in [-0.2, 0) is 0 Å². The van der Waals surface area contributed by atoms with Gasteiger partial charge in [0.15, 0.2) is 0 Å². The van der Waals surface area contributed by atoms with Gasteiger partial charge >= 0.3 is 0 Å². The molecule has 0 spiro atoms. The normalized spacial score (nSPS) is 14.1. The Kier molecular flexibility index (Phi) is 4.66. The molecule has 2 rings (SSSR count). The molecule has 1 heterocycles. The van der Waals surface area contributed by atoms with Gasteiger partial charge in [0.1, 0.15) is 0 Å². The van der Waals surface area contributed by atoms with Crippen molar-refractivity contribution >= 4 is 0 Å². The van der Waals surface area contributed by atoms with Crippen molar-refractivity contribution in [2.75, 3.05) is 6.54 Å². The maximum atomic E-state index is 10.1. The van der Waals surface area contributed by atoms with E-state index in [1.54, 1.807) is 6.20 Å². The lowest BCUT2D eigenvalue weighted by Gasteiger charge is -2.17. The zero-order valence-electron chi connectivity index (χ0n) is 11.4. The molecule has 2 atom stereocenters. The number of benzene rings is 1. The smallest absolute Gasteiger partial charge is 0.0914 e. The van der Waals surface area contributed by atoms with Gasteiger partial charge in [-0.15, -0.1) is 0 Å². The Bertz CT molecular complexity index is 496. The van der Waals surface area contributed by atoms with Gasteiger partial charge in [-0.2, -0.15) is 0 Å². The average Bonchev–Trinajstić information content (AvgIpc) is 2.46. The van der Waals surface area contributed by atoms with Crippen LogP contribution in [0.5, 0.6) is 0 Å². The minimum Gasteiger partial charge on any atom is -0.387 e. The number of aliphatic hydroxyl groups excluding tert-OH is 1. The van der Waals surface area contributed by atoms with Crippen LogP contribution in [0.4, 0.5) is 0 Å². The van der Waals surface area contributed by atoms with Crippen LogP contribution in [-0.4, -0.2) is 16.6 Å². The van der Waals surface area contributed by atoms with Gasteiger partial charge in [-0.3, -0.25) is 4.98 Å². The monoisotopic (exact) mass is 256 g/mol. The van der Waals surface area contributed by atoms with Gasteiger partial charge in [0, 0.05) is 25.0 Å². The molecule has 1 aromatic carbocycles. The zero-order valence-corrected chi connectivity index (χ0v) is 11.4. The number of hydrogen-bond donors (Lipinski definition) is 2. The lowest BCUT2D eigenvalue weighted by molar-refractivity contribution is 0.171. The fourth-order valence-electron chi connectivity index (χ4n) is 1.94. The largest absolute Gasteiger partial charge is 0.387 e. The van der Waals surface area contributed by atoms with E-state index in [-0.39, 0.29) is 6.04 Å². The molecule has 0 bridgehead atoms. The first-order valence-electron chi connectivity index (χ1n) is 6.55. The molecule has 0 aliphatic carbocycles. The molecule has 0 aliphatic rings. The van der Waals surface area contributed by atoms with E-state index in [1.807, 2.05) is 49.5 Å². The Morgan fingerprint density at radius 3 is 2.53 bits per heavy atom. The molecule has 19 heavy (non-hydrogen) atoms. The molecule has 2 N–H and O–H groups in total. The summed E-state index contributed by atoms with van der Waals surface area (Å²) >= 11 is 0. The number of pyridine rings is 1. The van der Waals surface area contributed by atoms with Crippen molar-refractivity contribution in [3.05, 3.63) is 65.5 Å². The summed E-state index contributed by atoms with van der Waals surface area (Å²) in [5.41, 5.74) is 3.27. The maximum absolute atomic E-state index is 10.1. The van der Waals surface area contributed by atoms with Crippen LogP contribution in [0.15, 0.2) is 48.8 Å². The van der Waals surface area contributed by atoms with Crippen LogP contribution in [0, 0.1) is 6.92 Å². The number of aliphatic hydroxyl groups is 1. The first-order valence-corrected chi connectivity index (χ1v) is 6.55.